The van der Waals surface area contributed by atoms with Gasteiger partial charge in [0.25, 0.3) is 0 Å². The highest BCUT2D eigenvalue weighted by molar-refractivity contribution is 7.14. The lowest BCUT2D eigenvalue weighted by Crippen LogP contribution is -2.22. The summed E-state index contributed by atoms with van der Waals surface area (Å²) in [6.07, 6.45) is 4.02. The van der Waals surface area contributed by atoms with E-state index in [4.69, 9.17) is 4.74 Å². The second-order valence-corrected chi connectivity index (χ2v) is 7.45. The fourth-order valence-electron chi connectivity index (χ4n) is 3.27. The Balaban J connectivity index is 1.62. The van der Waals surface area contributed by atoms with E-state index in [1.165, 1.54) is 11.3 Å². The quantitative estimate of drug-likeness (QED) is 0.533. The number of carbonyl (C=O) groups excluding carboxylic acids is 3. The molecule has 1 heterocycles. The van der Waals surface area contributed by atoms with Crippen LogP contribution >= 0.6 is 11.3 Å². The number of urea groups is 1. The van der Waals surface area contributed by atoms with Gasteiger partial charge in [-0.25, -0.2) is 9.78 Å². The smallest absolute Gasteiger partial charge is 0.325 e. The fraction of sp³-hybridized carbons (Fsp3) is 0.400. The summed E-state index contributed by atoms with van der Waals surface area (Å²) in [6, 6.07) is 6.56. The molecule has 2 N–H and O–H groups in total. The van der Waals surface area contributed by atoms with Gasteiger partial charge in [0, 0.05) is 16.9 Å². The number of anilines is 2. The molecule has 1 saturated carbocycles. The molecule has 8 heteroatoms. The van der Waals surface area contributed by atoms with Gasteiger partial charge in [0.2, 0.25) is 0 Å². The van der Waals surface area contributed by atoms with Crippen LogP contribution in [-0.2, 0) is 16.0 Å². The lowest BCUT2D eigenvalue weighted by atomic mass is 9.95. The van der Waals surface area contributed by atoms with Gasteiger partial charge >= 0.3 is 12.0 Å². The predicted octanol–water partition coefficient (Wildman–Crippen LogP) is 4.27. The van der Waals surface area contributed by atoms with Gasteiger partial charge in [-0.15, -0.1) is 11.3 Å². The molecule has 0 saturated heterocycles. The number of nitrogens with zero attached hydrogens (tertiary/aromatic N) is 1. The minimum absolute atomic E-state index is 0.0374. The minimum Gasteiger partial charge on any atom is -0.466 e. The third kappa shape index (κ3) is 5.16. The number of aromatic nitrogens is 1. The third-order valence-corrected chi connectivity index (χ3v) is 5.38. The molecule has 7 nitrogen and oxygen atoms in total. The molecule has 1 aromatic heterocycles. The van der Waals surface area contributed by atoms with Gasteiger partial charge in [-0.2, -0.15) is 0 Å². The van der Waals surface area contributed by atoms with Crippen LogP contribution < -0.4 is 10.6 Å². The van der Waals surface area contributed by atoms with Gasteiger partial charge in [0.15, 0.2) is 10.9 Å². The molecule has 0 radical (unpaired) electrons. The molecule has 1 fully saturated rings. The number of amides is 2. The number of Topliss-reactive ketones (excluding diaryl/α,β-unsaturated/α-hetero) is 1. The van der Waals surface area contributed by atoms with Crippen LogP contribution in [0.4, 0.5) is 15.6 Å². The number of benzene rings is 1. The van der Waals surface area contributed by atoms with E-state index in [9.17, 15) is 14.4 Å². The zero-order valence-corrected chi connectivity index (χ0v) is 16.5. The van der Waals surface area contributed by atoms with E-state index in [-0.39, 0.29) is 24.1 Å². The zero-order valence-electron chi connectivity index (χ0n) is 15.7. The summed E-state index contributed by atoms with van der Waals surface area (Å²) in [5.74, 6) is -0.238. The summed E-state index contributed by atoms with van der Waals surface area (Å²) >= 11 is 1.22. The van der Waals surface area contributed by atoms with Gasteiger partial charge in [0.05, 0.1) is 24.4 Å². The van der Waals surface area contributed by atoms with Crippen molar-refractivity contribution in [2.24, 2.45) is 5.92 Å². The largest absolute Gasteiger partial charge is 0.466 e. The summed E-state index contributed by atoms with van der Waals surface area (Å²) in [6.45, 7) is 2.06. The maximum absolute atomic E-state index is 12.7. The number of ketones is 1. The van der Waals surface area contributed by atoms with Crippen molar-refractivity contribution in [3.63, 3.8) is 0 Å². The maximum atomic E-state index is 12.7. The van der Waals surface area contributed by atoms with Crippen LogP contribution in [0.1, 0.15) is 48.7 Å². The number of hydrogen-bond acceptors (Lipinski definition) is 6. The summed E-state index contributed by atoms with van der Waals surface area (Å²) in [4.78, 5) is 40.8. The molecule has 0 spiro atoms. The first-order chi connectivity index (χ1) is 13.6. The summed E-state index contributed by atoms with van der Waals surface area (Å²) < 4.78 is 4.89. The highest BCUT2D eigenvalue weighted by Crippen LogP contribution is 2.30. The Hall–Kier alpha value is -2.74. The zero-order chi connectivity index (χ0) is 19.9. The molecule has 28 heavy (non-hydrogen) atoms. The number of rotatable bonds is 7. The van der Waals surface area contributed by atoms with Gasteiger partial charge in [-0.3, -0.25) is 14.9 Å². The molecule has 1 aliphatic carbocycles. The molecule has 3 rings (SSSR count). The van der Waals surface area contributed by atoms with Crippen molar-refractivity contribution < 1.29 is 19.1 Å². The van der Waals surface area contributed by atoms with E-state index < -0.39 is 6.03 Å². The fourth-order valence-corrected chi connectivity index (χ4v) is 3.98. The van der Waals surface area contributed by atoms with Gasteiger partial charge < -0.3 is 10.1 Å². The first-order valence-corrected chi connectivity index (χ1v) is 10.3. The van der Waals surface area contributed by atoms with Crippen LogP contribution in [0, 0.1) is 5.92 Å². The van der Waals surface area contributed by atoms with Crippen LogP contribution in [0.3, 0.4) is 0 Å². The molecule has 0 bridgehead atoms. The average molecular weight is 401 g/mol. The van der Waals surface area contributed by atoms with E-state index >= 15 is 0 Å². The highest BCUT2D eigenvalue weighted by atomic mass is 32.1. The standard InChI is InChI=1S/C20H23N3O4S/c1-2-27-17(24)11-14-12-28-20(21-14)23-19(26)22-16-10-6-5-9-15(16)18(25)13-7-3-4-8-13/h5-6,9-10,12-13H,2-4,7-8,11H2,1H3,(H2,21,22,23,26). The molecular formula is C20H23N3O4S. The Labute approximate surface area is 167 Å². The number of hydrogen-bond donors (Lipinski definition) is 2. The molecular weight excluding hydrogens is 378 g/mol. The normalized spacial score (nSPS) is 13.9. The SMILES string of the molecule is CCOC(=O)Cc1csc(NC(=O)Nc2ccccc2C(=O)C2CCCC2)n1. The Morgan fingerprint density at radius 2 is 1.93 bits per heavy atom. The van der Waals surface area contributed by atoms with E-state index in [1.54, 1.807) is 36.6 Å². The summed E-state index contributed by atoms with van der Waals surface area (Å²) in [5.41, 5.74) is 1.56. The number of ether oxygens (including phenoxy) is 1. The van der Waals surface area contributed by atoms with Crippen molar-refractivity contribution in [3.05, 3.63) is 40.9 Å². The summed E-state index contributed by atoms with van der Waals surface area (Å²) in [5, 5.41) is 7.45. The second kappa shape index (κ2) is 9.45. The number of nitrogens with one attached hydrogen (secondary N) is 2. The van der Waals surface area contributed by atoms with Gasteiger partial charge in [-0.05, 0) is 31.9 Å². The van der Waals surface area contributed by atoms with Crippen molar-refractivity contribution in [1.29, 1.82) is 0 Å². The molecule has 1 aromatic carbocycles. The number of esters is 1. The molecule has 0 unspecified atom stereocenters. The maximum Gasteiger partial charge on any atom is 0.325 e. The van der Waals surface area contributed by atoms with Gasteiger partial charge in [0.1, 0.15) is 0 Å². The van der Waals surface area contributed by atoms with Gasteiger partial charge in [-0.1, -0.05) is 25.0 Å². The number of para-hydroxylation sites is 1. The molecule has 2 aromatic rings. The van der Waals surface area contributed by atoms with Crippen LogP contribution in [0.25, 0.3) is 0 Å². The van der Waals surface area contributed by atoms with E-state index in [0.29, 0.717) is 28.7 Å². The molecule has 2 amide bonds. The van der Waals surface area contributed by atoms with Crippen molar-refractivity contribution in [1.82, 2.24) is 4.98 Å². The van der Waals surface area contributed by atoms with Crippen molar-refractivity contribution in [2.45, 2.75) is 39.0 Å². The Bertz CT molecular complexity index is 859. The van der Waals surface area contributed by atoms with Crippen molar-refractivity contribution in [2.75, 3.05) is 17.2 Å². The third-order valence-electron chi connectivity index (χ3n) is 4.57. The van der Waals surface area contributed by atoms with Crippen molar-refractivity contribution in [3.8, 4) is 0 Å². The van der Waals surface area contributed by atoms with Crippen LogP contribution in [-0.4, -0.2) is 29.4 Å². The molecule has 0 atom stereocenters. The number of carbonyl (C=O) groups is 3. The first kappa shape index (κ1) is 20.0. The number of thiazole rings is 1. The van der Waals surface area contributed by atoms with Crippen LogP contribution in [0.2, 0.25) is 0 Å². The topological polar surface area (TPSA) is 97.4 Å². The second-order valence-electron chi connectivity index (χ2n) is 6.60. The van der Waals surface area contributed by atoms with E-state index in [0.717, 1.165) is 25.7 Å². The average Bonchev–Trinajstić information content (AvgIpc) is 3.34. The Morgan fingerprint density at radius 1 is 1.18 bits per heavy atom. The first-order valence-electron chi connectivity index (χ1n) is 9.38. The highest BCUT2D eigenvalue weighted by Gasteiger charge is 2.25. The van der Waals surface area contributed by atoms with E-state index in [2.05, 4.69) is 15.6 Å². The minimum atomic E-state index is -0.483. The molecule has 1 aliphatic rings. The lowest BCUT2D eigenvalue weighted by molar-refractivity contribution is -0.142. The molecule has 0 aliphatic heterocycles. The summed E-state index contributed by atoms with van der Waals surface area (Å²) in [7, 11) is 0. The Morgan fingerprint density at radius 3 is 2.68 bits per heavy atom. The van der Waals surface area contributed by atoms with Crippen LogP contribution in [0.5, 0.6) is 0 Å². The predicted molar refractivity (Wildman–Crippen MR) is 108 cm³/mol. The van der Waals surface area contributed by atoms with Crippen LogP contribution in [0.15, 0.2) is 29.6 Å². The Kier molecular flexibility index (Phi) is 6.76. The van der Waals surface area contributed by atoms with Crippen molar-refractivity contribution >= 4 is 39.9 Å². The van der Waals surface area contributed by atoms with E-state index in [1.807, 2.05) is 0 Å². The molecule has 148 valence electrons. The monoisotopic (exact) mass is 401 g/mol. The lowest BCUT2D eigenvalue weighted by Gasteiger charge is -2.13.